The van der Waals surface area contributed by atoms with Gasteiger partial charge in [0.25, 0.3) is 0 Å². The lowest BCUT2D eigenvalue weighted by molar-refractivity contribution is -0.127. The summed E-state index contributed by atoms with van der Waals surface area (Å²) in [7, 11) is 0. The number of fused-ring (bicyclic) bond motifs is 1. The van der Waals surface area contributed by atoms with E-state index in [2.05, 4.69) is 6.07 Å². The summed E-state index contributed by atoms with van der Waals surface area (Å²) in [4.78, 5) is 13.6. The van der Waals surface area contributed by atoms with E-state index >= 15 is 0 Å². The standard InChI is InChI=1S/C15H17NO3/c17-10-12-8-15(18)16(9-12)5-3-11-1-2-14-13(7-11)4-6-19-14/h1-2,4,6-7,12,17H,3,5,8-10H2. The largest absolute Gasteiger partial charge is 0.464 e. The molecule has 1 amide bonds. The molecule has 0 radical (unpaired) electrons. The molecule has 0 aliphatic carbocycles. The SMILES string of the molecule is O=C1CC(CO)CN1CCc1ccc2occc2c1. The molecule has 0 saturated carbocycles. The van der Waals surface area contributed by atoms with Gasteiger partial charge in [-0.3, -0.25) is 4.79 Å². The molecule has 0 bridgehead atoms. The number of nitrogens with zero attached hydrogens (tertiary/aromatic N) is 1. The van der Waals surface area contributed by atoms with Gasteiger partial charge in [-0.15, -0.1) is 0 Å². The van der Waals surface area contributed by atoms with E-state index in [4.69, 9.17) is 9.52 Å². The highest BCUT2D eigenvalue weighted by Gasteiger charge is 2.28. The number of carbonyl (C=O) groups excluding carboxylic acids is 1. The number of carbonyl (C=O) groups is 1. The van der Waals surface area contributed by atoms with Gasteiger partial charge >= 0.3 is 0 Å². The molecule has 0 spiro atoms. The quantitative estimate of drug-likeness (QED) is 0.911. The molecule has 1 fully saturated rings. The fourth-order valence-corrected chi connectivity index (χ4v) is 2.63. The minimum atomic E-state index is 0.100. The van der Waals surface area contributed by atoms with Gasteiger partial charge in [-0.05, 0) is 30.2 Å². The van der Waals surface area contributed by atoms with Crippen LogP contribution in [0.4, 0.5) is 0 Å². The number of hydrogen-bond donors (Lipinski definition) is 1. The van der Waals surface area contributed by atoms with Gasteiger partial charge in [0, 0.05) is 37.4 Å². The topological polar surface area (TPSA) is 53.7 Å². The number of hydrogen-bond acceptors (Lipinski definition) is 3. The molecule has 1 aromatic carbocycles. The van der Waals surface area contributed by atoms with Crippen LogP contribution < -0.4 is 0 Å². The Morgan fingerprint density at radius 1 is 1.37 bits per heavy atom. The molecule has 1 aliphatic heterocycles. The van der Waals surface area contributed by atoms with Gasteiger partial charge in [-0.2, -0.15) is 0 Å². The molecule has 1 N–H and O–H groups in total. The summed E-state index contributed by atoms with van der Waals surface area (Å²) in [5, 5.41) is 10.2. The van der Waals surface area contributed by atoms with Crippen LogP contribution in [-0.4, -0.2) is 35.6 Å². The van der Waals surface area contributed by atoms with Crippen molar-refractivity contribution in [1.29, 1.82) is 0 Å². The predicted octanol–water partition coefficient (Wildman–Crippen LogP) is 1.82. The van der Waals surface area contributed by atoms with Gasteiger partial charge in [0.2, 0.25) is 5.91 Å². The van der Waals surface area contributed by atoms with Crippen LogP contribution in [0.5, 0.6) is 0 Å². The van der Waals surface area contributed by atoms with E-state index in [1.807, 2.05) is 23.1 Å². The number of furan rings is 1. The highest BCUT2D eigenvalue weighted by atomic mass is 16.3. The van der Waals surface area contributed by atoms with Gasteiger partial charge in [-0.1, -0.05) is 6.07 Å². The molecular weight excluding hydrogens is 242 g/mol. The van der Waals surface area contributed by atoms with Crippen molar-refractivity contribution < 1.29 is 14.3 Å². The fourth-order valence-electron chi connectivity index (χ4n) is 2.63. The summed E-state index contributed by atoms with van der Waals surface area (Å²) in [6, 6.07) is 8.05. The Morgan fingerprint density at radius 3 is 3.05 bits per heavy atom. The smallest absolute Gasteiger partial charge is 0.223 e. The Bertz CT molecular complexity index is 590. The van der Waals surface area contributed by atoms with Crippen molar-refractivity contribution in [3.8, 4) is 0 Å². The zero-order chi connectivity index (χ0) is 13.2. The molecule has 4 nitrogen and oxygen atoms in total. The van der Waals surface area contributed by atoms with Crippen molar-refractivity contribution in [1.82, 2.24) is 4.90 Å². The lowest BCUT2D eigenvalue weighted by atomic mass is 10.1. The van der Waals surface area contributed by atoms with Gasteiger partial charge in [-0.25, -0.2) is 0 Å². The third-order valence-corrected chi connectivity index (χ3v) is 3.74. The molecule has 1 atom stereocenters. The molecule has 2 heterocycles. The Morgan fingerprint density at radius 2 is 2.26 bits per heavy atom. The molecule has 100 valence electrons. The Balaban J connectivity index is 1.64. The van der Waals surface area contributed by atoms with Crippen molar-refractivity contribution in [2.24, 2.45) is 5.92 Å². The molecule has 19 heavy (non-hydrogen) atoms. The summed E-state index contributed by atoms with van der Waals surface area (Å²) in [5.74, 6) is 0.271. The zero-order valence-corrected chi connectivity index (χ0v) is 10.7. The third kappa shape index (κ3) is 2.49. The highest BCUT2D eigenvalue weighted by molar-refractivity contribution is 5.79. The summed E-state index contributed by atoms with van der Waals surface area (Å²) >= 11 is 0. The fraction of sp³-hybridized carbons (Fsp3) is 0.400. The molecule has 1 aromatic heterocycles. The van der Waals surface area contributed by atoms with Crippen LogP contribution in [0.15, 0.2) is 34.9 Å². The van der Waals surface area contributed by atoms with Crippen molar-refractivity contribution >= 4 is 16.9 Å². The first kappa shape index (κ1) is 12.2. The van der Waals surface area contributed by atoms with Crippen LogP contribution in [0.25, 0.3) is 11.0 Å². The first-order valence-electron chi connectivity index (χ1n) is 6.61. The van der Waals surface area contributed by atoms with E-state index in [9.17, 15) is 4.79 Å². The number of aliphatic hydroxyl groups excluding tert-OH is 1. The maximum absolute atomic E-state index is 11.7. The highest BCUT2D eigenvalue weighted by Crippen LogP contribution is 2.20. The van der Waals surface area contributed by atoms with E-state index in [1.165, 1.54) is 5.56 Å². The summed E-state index contributed by atoms with van der Waals surface area (Å²) in [5.41, 5.74) is 2.09. The minimum Gasteiger partial charge on any atom is -0.464 e. The van der Waals surface area contributed by atoms with E-state index in [-0.39, 0.29) is 18.4 Å². The second-order valence-electron chi connectivity index (χ2n) is 5.14. The van der Waals surface area contributed by atoms with Crippen molar-refractivity contribution in [2.75, 3.05) is 19.7 Å². The molecule has 1 unspecified atom stereocenters. The van der Waals surface area contributed by atoms with E-state index in [1.54, 1.807) is 6.26 Å². The minimum absolute atomic E-state index is 0.100. The van der Waals surface area contributed by atoms with Crippen LogP contribution in [0.3, 0.4) is 0 Å². The normalized spacial score (nSPS) is 19.5. The third-order valence-electron chi connectivity index (χ3n) is 3.74. The van der Waals surface area contributed by atoms with Crippen molar-refractivity contribution in [3.63, 3.8) is 0 Å². The number of aliphatic hydroxyl groups is 1. The van der Waals surface area contributed by atoms with Crippen LogP contribution in [0.2, 0.25) is 0 Å². The zero-order valence-electron chi connectivity index (χ0n) is 10.7. The van der Waals surface area contributed by atoms with Crippen LogP contribution >= 0.6 is 0 Å². The average molecular weight is 259 g/mol. The average Bonchev–Trinajstić information content (AvgIpc) is 3.02. The van der Waals surface area contributed by atoms with E-state index < -0.39 is 0 Å². The van der Waals surface area contributed by atoms with Crippen LogP contribution in [0.1, 0.15) is 12.0 Å². The molecule has 1 aliphatic rings. The second-order valence-corrected chi connectivity index (χ2v) is 5.14. The Kier molecular flexibility index (Phi) is 3.25. The number of likely N-dealkylation sites (tertiary alicyclic amines) is 1. The van der Waals surface area contributed by atoms with Gasteiger partial charge in [0.05, 0.1) is 6.26 Å². The van der Waals surface area contributed by atoms with E-state index in [0.717, 1.165) is 23.9 Å². The maximum atomic E-state index is 11.7. The van der Waals surface area contributed by atoms with Gasteiger partial charge in [0.15, 0.2) is 0 Å². The van der Waals surface area contributed by atoms with Gasteiger partial charge < -0.3 is 14.4 Å². The molecule has 3 rings (SSSR count). The summed E-state index contributed by atoms with van der Waals surface area (Å²) < 4.78 is 5.30. The van der Waals surface area contributed by atoms with Crippen LogP contribution in [0, 0.1) is 5.92 Å². The number of amides is 1. The van der Waals surface area contributed by atoms with Crippen molar-refractivity contribution in [3.05, 3.63) is 36.1 Å². The number of rotatable bonds is 4. The molecule has 4 heteroatoms. The maximum Gasteiger partial charge on any atom is 0.223 e. The first-order valence-corrected chi connectivity index (χ1v) is 6.61. The van der Waals surface area contributed by atoms with E-state index in [0.29, 0.717) is 13.0 Å². The lowest BCUT2D eigenvalue weighted by Crippen LogP contribution is -2.27. The summed E-state index contributed by atoms with van der Waals surface area (Å²) in [6.07, 6.45) is 3.01. The first-order chi connectivity index (χ1) is 9.26. The second kappa shape index (κ2) is 5.05. The molecular formula is C15H17NO3. The van der Waals surface area contributed by atoms with Crippen molar-refractivity contribution in [2.45, 2.75) is 12.8 Å². The Labute approximate surface area is 111 Å². The summed E-state index contributed by atoms with van der Waals surface area (Å²) in [6.45, 7) is 1.51. The Hall–Kier alpha value is -1.81. The lowest BCUT2D eigenvalue weighted by Gasteiger charge is -2.16. The van der Waals surface area contributed by atoms with Gasteiger partial charge in [0.1, 0.15) is 5.58 Å². The molecule has 1 saturated heterocycles. The monoisotopic (exact) mass is 259 g/mol. The molecule has 2 aromatic rings. The predicted molar refractivity (Wildman–Crippen MR) is 71.7 cm³/mol. The van der Waals surface area contributed by atoms with Crippen LogP contribution in [-0.2, 0) is 11.2 Å². The number of benzene rings is 1.